The molecule has 1 rings (SSSR count). The second-order valence-electron chi connectivity index (χ2n) is 5.10. The first-order valence-corrected chi connectivity index (χ1v) is 8.68. The lowest BCUT2D eigenvalue weighted by molar-refractivity contribution is 0.259. The maximum Gasteiger partial charge on any atom is 0.316 e. The van der Waals surface area contributed by atoms with Crippen molar-refractivity contribution in [3.8, 4) is 0 Å². The molecule has 0 aliphatic heterocycles. The second-order valence-corrected chi connectivity index (χ2v) is 7.50. The molecule has 1 aromatic carbocycles. The molecule has 0 heterocycles. The summed E-state index contributed by atoms with van der Waals surface area (Å²) in [7, 11) is -2.99. The Morgan fingerprint density at radius 2 is 1.81 bits per heavy atom. The van der Waals surface area contributed by atoms with Gasteiger partial charge in [-0.2, -0.15) is 0 Å². The topological polar surface area (TPSA) is 101 Å². The quantitative estimate of drug-likeness (QED) is 0.712. The number of carbonyl (C=O) groups is 1. The van der Waals surface area contributed by atoms with Crippen LogP contribution >= 0.6 is 0 Å². The molecule has 2 amide bonds. The average Bonchev–Trinajstić information content (AvgIpc) is 2.38. The van der Waals surface area contributed by atoms with E-state index in [4.69, 9.17) is 5.73 Å². The normalized spacial score (nSPS) is 14.4. The molecule has 6 nitrogen and oxygen atoms in total. The molecule has 118 valence electrons. The second kappa shape index (κ2) is 7.42. The van der Waals surface area contributed by atoms with E-state index in [9.17, 15) is 13.2 Å². The molecule has 0 saturated carbocycles. The maximum absolute atomic E-state index is 11.6. The van der Waals surface area contributed by atoms with Crippen molar-refractivity contribution in [3.63, 3.8) is 0 Å². The van der Waals surface area contributed by atoms with E-state index in [1.807, 2.05) is 26.0 Å². The number of hydrogen-bond acceptors (Lipinski definition) is 4. The summed E-state index contributed by atoms with van der Waals surface area (Å²) in [4.78, 5) is 10.7. The Hall–Kier alpha value is -1.60. The molecule has 0 aromatic heterocycles. The molecule has 4 N–H and O–H groups in total. The van der Waals surface area contributed by atoms with Gasteiger partial charge < -0.3 is 16.4 Å². The smallest absolute Gasteiger partial charge is 0.316 e. The average molecular weight is 313 g/mol. The number of amides is 2. The number of carbonyl (C=O) groups excluding carboxylic acids is 1. The van der Waals surface area contributed by atoms with Gasteiger partial charge in [0, 0.05) is 23.5 Å². The van der Waals surface area contributed by atoms with Crippen LogP contribution in [0.25, 0.3) is 0 Å². The van der Waals surface area contributed by atoms with Gasteiger partial charge in [-0.25, -0.2) is 13.2 Å². The van der Waals surface area contributed by atoms with Crippen molar-refractivity contribution in [2.45, 2.75) is 32.9 Å². The van der Waals surface area contributed by atoms with Gasteiger partial charge in [-0.15, -0.1) is 0 Å². The van der Waals surface area contributed by atoms with Gasteiger partial charge in [0.25, 0.3) is 0 Å². The molecule has 7 heteroatoms. The van der Waals surface area contributed by atoms with Gasteiger partial charge in [-0.3, -0.25) is 0 Å². The van der Waals surface area contributed by atoms with Gasteiger partial charge in [0.15, 0.2) is 9.84 Å². The summed E-state index contributed by atoms with van der Waals surface area (Å²) in [5.74, 6) is 0.274. The van der Waals surface area contributed by atoms with Gasteiger partial charge in [-0.05, 0) is 31.5 Å². The monoisotopic (exact) mass is 313 g/mol. The number of primary amides is 1. The van der Waals surface area contributed by atoms with Crippen molar-refractivity contribution < 1.29 is 13.2 Å². The highest BCUT2D eigenvalue weighted by Gasteiger charge is 2.16. The van der Waals surface area contributed by atoms with Crippen molar-refractivity contribution in [1.29, 1.82) is 0 Å². The van der Waals surface area contributed by atoms with Crippen molar-refractivity contribution in [3.05, 3.63) is 29.8 Å². The van der Waals surface area contributed by atoms with Crippen LogP contribution < -0.4 is 16.4 Å². The lowest BCUT2D eigenvalue weighted by Crippen LogP contribution is -2.35. The van der Waals surface area contributed by atoms with Crippen LogP contribution in [0.2, 0.25) is 0 Å². The Kier molecular flexibility index (Phi) is 6.17. The van der Waals surface area contributed by atoms with Gasteiger partial charge in [-0.1, -0.05) is 19.1 Å². The Labute approximate surface area is 126 Å². The fourth-order valence-corrected chi connectivity index (χ4v) is 3.16. The van der Waals surface area contributed by atoms with Gasteiger partial charge >= 0.3 is 6.03 Å². The number of nitrogens with two attached hydrogens (primary N) is 1. The van der Waals surface area contributed by atoms with Crippen molar-refractivity contribution in [2.75, 3.05) is 16.8 Å². The van der Waals surface area contributed by atoms with Crippen LogP contribution in [-0.2, 0) is 9.84 Å². The van der Waals surface area contributed by atoms with E-state index in [-0.39, 0.29) is 23.6 Å². The number of anilines is 1. The minimum Gasteiger partial charge on any atom is -0.351 e. The fraction of sp³-hybridized carbons (Fsp3) is 0.500. The summed E-state index contributed by atoms with van der Waals surface area (Å²) in [5.41, 5.74) is 6.67. The SMILES string of the molecule is CCS(=O)(=O)CC(C)NC(C)c1ccc(NC(N)=O)cc1. The Morgan fingerprint density at radius 3 is 2.29 bits per heavy atom. The van der Waals surface area contributed by atoms with E-state index in [1.165, 1.54) is 0 Å². The predicted octanol–water partition coefficient (Wildman–Crippen LogP) is 1.65. The van der Waals surface area contributed by atoms with E-state index in [1.54, 1.807) is 19.1 Å². The third kappa shape index (κ3) is 6.14. The van der Waals surface area contributed by atoms with Crippen LogP contribution in [0.4, 0.5) is 10.5 Å². The summed E-state index contributed by atoms with van der Waals surface area (Å²) in [6, 6.07) is 6.51. The largest absolute Gasteiger partial charge is 0.351 e. The van der Waals surface area contributed by atoms with Crippen molar-refractivity contribution in [2.24, 2.45) is 5.73 Å². The number of sulfone groups is 1. The first kappa shape index (κ1) is 17.5. The molecule has 0 radical (unpaired) electrons. The third-order valence-electron chi connectivity index (χ3n) is 3.16. The van der Waals surface area contributed by atoms with Crippen LogP contribution in [0, 0.1) is 0 Å². The molecule has 0 aliphatic carbocycles. The minimum absolute atomic E-state index is 0.00897. The van der Waals surface area contributed by atoms with Gasteiger partial charge in [0.1, 0.15) is 0 Å². The summed E-state index contributed by atoms with van der Waals surface area (Å²) < 4.78 is 23.2. The highest BCUT2D eigenvalue weighted by molar-refractivity contribution is 7.91. The molecule has 0 spiro atoms. The maximum atomic E-state index is 11.6. The van der Waals surface area contributed by atoms with E-state index >= 15 is 0 Å². The molecule has 2 atom stereocenters. The Morgan fingerprint density at radius 1 is 1.24 bits per heavy atom. The zero-order chi connectivity index (χ0) is 16.0. The summed E-state index contributed by atoms with van der Waals surface area (Å²) in [6.07, 6.45) is 0. The van der Waals surface area contributed by atoms with E-state index < -0.39 is 15.9 Å². The molecule has 0 saturated heterocycles. The first-order valence-electron chi connectivity index (χ1n) is 6.86. The summed E-state index contributed by atoms with van der Waals surface area (Å²) in [5, 5.41) is 5.75. The van der Waals surface area contributed by atoms with Crippen molar-refractivity contribution in [1.82, 2.24) is 5.32 Å². The zero-order valence-electron chi connectivity index (χ0n) is 12.6. The van der Waals surface area contributed by atoms with Gasteiger partial charge in [0.05, 0.1) is 5.75 Å². The molecule has 1 aromatic rings. The molecule has 0 aliphatic rings. The van der Waals surface area contributed by atoms with E-state index in [0.29, 0.717) is 5.69 Å². The summed E-state index contributed by atoms with van der Waals surface area (Å²) >= 11 is 0. The highest BCUT2D eigenvalue weighted by atomic mass is 32.2. The molecule has 0 bridgehead atoms. The van der Waals surface area contributed by atoms with Gasteiger partial charge in [0.2, 0.25) is 0 Å². The van der Waals surface area contributed by atoms with E-state index in [2.05, 4.69) is 10.6 Å². The molecular formula is C14H23N3O3S. The van der Waals surface area contributed by atoms with Crippen molar-refractivity contribution >= 4 is 21.6 Å². The highest BCUT2D eigenvalue weighted by Crippen LogP contribution is 2.16. The van der Waals surface area contributed by atoms with Crippen LogP contribution in [-0.4, -0.2) is 32.0 Å². The van der Waals surface area contributed by atoms with Crippen LogP contribution in [0.15, 0.2) is 24.3 Å². The number of nitrogens with one attached hydrogen (secondary N) is 2. The van der Waals surface area contributed by atoms with Crippen LogP contribution in [0.3, 0.4) is 0 Å². The predicted molar refractivity (Wildman–Crippen MR) is 85.0 cm³/mol. The lowest BCUT2D eigenvalue weighted by Gasteiger charge is -2.20. The molecule has 0 fully saturated rings. The summed E-state index contributed by atoms with van der Waals surface area (Å²) in [6.45, 7) is 5.47. The molecular weight excluding hydrogens is 290 g/mol. The number of urea groups is 1. The third-order valence-corrected chi connectivity index (χ3v) is 5.04. The Bertz CT molecular complexity index is 570. The number of benzene rings is 1. The number of hydrogen-bond donors (Lipinski definition) is 3. The number of rotatable bonds is 7. The molecule has 2 unspecified atom stereocenters. The van der Waals surface area contributed by atoms with E-state index in [0.717, 1.165) is 5.56 Å². The first-order chi connectivity index (χ1) is 9.73. The minimum atomic E-state index is -2.99. The Balaban J connectivity index is 2.63. The van der Waals surface area contributed by atoms with Crippen LogP contribution in [0.5, 0.6) is 0 Å². The zero-order valence-corrected chi connectivity index (χ0v) is 13.4. The fourth-order valence-electron chi connectivity index (χ4n) is 2.07. The molecule has 21 heavy (non-hydrogen) atoms. The lowest BCUT2D eigenvalue weighted by atomic mass is 10.1. The standard InChI is InChI=1S/C14H23N3O3S/c1-4-21(19,20)9-10(2)16-11(3)12-5-7-13(8-6-12)17-14(15)18/h5-8,10-11,16H,4,9H2,1-3H3,(H3,15,17,18). The van der Waals surface area contributed by atoms with Crippen LogP contribution in [0.1, 0.15) is 32.4 Å².